The Morgan fingerprint density at radius 1 is 1.38 bits per heavy atom. The zero-order valence-corrected chi connectivity index (χ0v) is 12.9. The van der Waals surface area contributed by atoms with E-state index in [1.54, 1.807) is 7.11 Å². The highest BCUT2D eigenvalue weighted by Crippen LogP contribution is 2.51. The minimum Gasteiger partial charge on any atom is -0.399 e. The molecule has 112 valence electrons. The number of hydrogen-bond acceptors (Lipinski definition) is 5. The molecule has 1 heterocycles. The Bertz CT molecular complexity index is 664. The maximum absolute atomic E-state index is 5.88. The fourth-order valence-corrected chi connectivity index (χ4v) is 3.09. The van der Waals surface area contributed by atoms with Gasteiger partial charge >= 0.3 is 0 Å². The molecule has 6 heteroatoms. The molecule has 1 saturated carbocycles. The van der Waals surface area contributed by atoms with Crippen LogP contribution in [0, 0.1) is 12.3 Å². The molecule has 0 aliphatic heterocycles. The van der Waals surface area contributed by atoms with Crippen LogP contribution in [0.4, 0.5) is 5.69 Å². The predicted octanol–water partition coefficient (Wildman–Crippen LogP) is 2.22. The van der Waals surface area contributed by atoms with Crippen LogP contribution in [0.15, 0.2) is 18.2 Å². The Balaban J connectivity index is 1.97. The lowest BCUT2D eigenvalue weighted by molar-refractivity contribution is -0.116. The van der Waals surface area contributed by atoms with E-state index in [0.29, 0.717) is 0 Å². The number of anilines is 1. The van der Waals surface area contributed by atoms with E-state index in [9.17, 15) is 0 Å². The molecule has 0 saturated heterocycles. The van der Waals surface area contributed by atoms with Crippen molar-refractivity contribution in [3.05, 3.63) is 23.8 Å². The van der Waals surface area contributed by atoms with Crippen LogP contribution in [0.3, 0.4) is 0 Å². The van der Waals surface area contributed by atoms with Crippen molar-refractivity contribution in [3.8, 4) is 11.4 Å². The topological polar surface area (TPSA) is 78.8 Å². The van der Waals surface area contributed by atoms with Gasteiger partial charge in [0.2, 0.25) is 0 Å². The highest BCUT2D eigenvalue weighted by Gasteiger charge is 2.51. The number of ether oxygens (including phenoxy) is 1. The molecule has 6 nitrogen and oxygen atoms in total. The van der Waals surface area contributed by atoms with E-state index >= 15 is 0 Å². The van der Waals surface area contributed by atoms with Crippen LogP contribution in [0.5, 0.6) is 0 Å². The predicted molar refractivity (Wildman–Crippen MR) is 80.6 cm³/mol. The van der Waals surface area contributed by atoms with Gasteiger partial charge in [-0.25, -0.2) is 4.68 Å². The van der Waals surface area contributed by atoms with Crippen molar-refractivity contribution in [2.24, 2.45) is 5.41 Å². The van der Waals surface area contributed by atoms with Crippen LogP contribution in [0.25, 0.3) is 11.4 Å². The quantitative estimate of drug-likeness (QED) is 0.876. The maximum Gasteiger partial charge on any atom is 0.182 e. The smallest absolute Gasteiger partial charge is 0.182 e. The Labute approximate surface area is 124 Å². The lowest BCUT2D eigenvalue weighted by Gasteiger charge is -2.50. The molecule has 0 spiro atoms. The summed E-state index contributed by atoms with van der Waals surface area (Å²) in [5.41, 5.74) is 8.70. The van der Waals surface area contributed by atoms with Gasteiger partial charge in [0.05, 0.1) is 12.1 Å². The van der Waals surface area contributed by atoms with Crippen molar-refractivity contribution < 1.29 is 4.74 Å². The lowest BCUT2D eigenvalue weighted by Crippen LogP contribution is -2.51. The normalized spacial score (nSPS) is 23.8. The minimum absolute atomic E-state index is 0.0156. The van der Waals surface area contributed by atoms with Crippen molar-refractivity contribution in [1.82, 2.24) is 20.2 Å². The van der Waals surface area contributed by atoms with Gasteiger partial charge in [0.25, 0.3) is 0 Å². The maximum atomic E-state index is 5.88. The number of nitrogen functional groups attached to an aromatic ring is 1. The third kappa shape index (κ3) is 2.10. The van der Waals surface area contributed by atoms with Crippen LogP contribution in [-0.2, 0) is 4.74 Å². The summed E-state index contributed by atoms with van der Waals surface area (Å²) >= 11 is 0. The minimum atomic E-state index is 0.0156. The summed E-state index contributed by atoms with van der Waals surface area (Å²) in [6.07, 6.45) is 1.17. The molecule has 2 unspecified atom stereocenters. The molecule has 1 fully saturated rings. The fourth-order valence-electron chi connectivity index (χ4n) is 3.09. The van der Waals surface area contributed by atoms with Gasteiger partial charge in [-0.3, -0.25) is 0 Å². The molecule has 0 bridgehead atoms. The van der Waals surface area contributed by atoms with Gasteiger partial charge in [-0.1, -0.05) is 13.8 Å². The Kier molecular flexibility index (Phi) is 3.20. The Morgan fingerprint density at radius 2 is 2.14 bits per heavy atom. The van der Waals surface area contributed by atoms with E-state index in [1.165, 1.54) is 0 Å². The summed E-state index contributed by atoms with van der Waals surface area (Å²) < 4.78 is 7.43. The van der Waals surface area contributed by atoms with Gasteiger partial charge in [0.1, 0.15) is 0 Å². The first-order chi connectivity index (χ1) is 9.95. The van der Waals surface area contributed by atoms with Crippen LogP contribution in [-0.4, -0.2) is 33.4 Å². The average Bonchev–Trinajstić information content (AvgIpc) is 2.90. The summed E-state index contributed by atoms with van der Waals surface area (Å²) in [6.45, 7) is 6.37. The summed E-state index contributed by atoms with van der Waals surface area (Å²) in [4.78, 5) is 0. The van der Waals surface area contributed by atoms with E-state index in [2.05, 4.69) is 29.4 Å². The van der Waals surface area contributed by atoms with Crippen LogP contribution < -0.4 is 5.73 Å². The second kappa shape index (κ2) is 4.80. The molecule has 0 radical (unpaired) electrons. The van der Waals surface area contributed by atoms with E-state index in [-0.39, 0.29) is 17.6 Å². The second-order valence-corrected chi connectivity index (χ2v) is 6.32. The number of nitrogens with two attached hydrogens (primary N) is 1. The number of aryl methyl sites for hydroxylation is 1. The summed E-state index contributed by atoms with van der Waals surface area (Å²) in [5, 5.41) is 12.3. The molecule has 0 amide bonds. The highest BCUT2D eigenvalue weighted by molar-refractivity contribution is 5.62. The molecule has 1 aliphatic carbocycles. The van der Waals surface area contributed by atoms with Crippen molar-refractivity contribution in [3.63, 3.8) is 0 Å². The highest BCUT2D eigenvalue weighted by atomic mass is 16.5. The fraction of sp³-hybridized carbons (Fsp3) is 0.533. The van der Waals surface area contributed by atoms with E-state index in [0.717, 1.165) is 29.1 Å². The lowest BCUT2D eigenvalue weighted by atomic mass is 9.64. The zero-order chi connectivity index (χ0) is 15.2. The van der Waals surface area contributed by atoms with Crippen molar-refractivity contribution in [2.45, 2.75) is 39.3 Å². The second-order valence-electron chi connectivity index (χ2n) is 6.32. The molecule has 2 atom stereocenters. The summed E-state index contributed by atoms with van der Waals surface area (Å²) in [6, 6.07) is 6.12. The van der Waals surface area contributed by atoms with Crippen molar-refractivity contribution >= 4 is 5.69 Å². The third-order valence-corrected chi connectivity index (χ3v) is 4.73. The van der Waals surface area contributed by atoms with Gasteiger partial charge in [-0.2, -0.15) is 0 Å². The number of methoxy groups -OCH3 is 1. The molecular weight excluding hydrogens is 266 g/mol. The number of benzene rings is 1. The number of tetrazole rings is 1. The Morgan fingerprint density at radius 3 is 2.76 bits per heavy atom. The van der Waals surface area contributed by atoms with E-state index in [4.69, 9.17) is 10.5 Å². The third-order valence-electron chi connectivity index (χ3n) is 4.73. The van der Waals surface area contributed by atoms with Crippen LogP contribution in [0.2, 0.25) is 0 Å². The summed E-state index contributed by atoms with van der Waals surface area (Å²) in [5.74, 6) is 0.783. The molecule has 2 N–H and O–H groups in total. The summed E-state index contributed by atoms with van der Waals surface area (Å²) in [7, 11) is 1.76. The molecule has 1 aromatic carbocycles. The van der Waals surface area contributed by atoms with E-state index < -0.39 is 0 Å². The molecule has 3 rings (SSSR count). The number of aromatic nitrogens is 4. The largest absolute Gasteiger partial charge is 0.399 e. The van der Waals surface area contributed by atoms with Crippen LogP contribution >= 0.6 is 0 Å². The number of nitrogens with zero attached hydrogens (tertiary/aromatic N) is 4. The molecule has 2 aromatic rings. The van der Waals surface area contributed by atoms with Gasteiger partial charge in [0, 0.05) is 23.8 Å². The van der Waals surface area contributed by atoms with Gasteiger partial charge in [-0.15, -0.1) is 5.10 Å². The first-order valence-electron chi connectivity index (χ1n) is 7.12. The van der Waals surface area contributed by atoms with E-state index in [1.807, 2.05) is 29.8 Å². The molecule has 21 heavy (non-hydrogen) atoms. The molecular formula is C15H21N5O. The van der Waals surface area contributed by atoms with Gasteiger partial charge < -0.3 is 10.5 Å². The van der Waals surface area contributed by atoms with Gasteiger partial charge in [0.15, 0.2) is 5.82 Å². The molecule has 1 aromatic heterocycles. The first kappa shape index (κ1) is 14.0. The molecule has 1 aliphatic rings. The first-order valence-corrected chi connectivity index (χ1v) is 7.12. The van der Waals surface area contributed by atoms with Crippen LogP contribution in [0.1, 0.15) is 31.9 Å². The monoisotopic (exact) mass is 287 g/mol. The SMILES string of the molecule is COC1CC(n2nnnc2-c2ccc(N)c(C)c2)C1(C)C. The van der Waals surface area contributed by atoms with Crippen molar-refractivity contribution in [2.75, 3.05) is 12.8 Å². The standard InChI is InChI=1S/C15H21N5O/c1-9-7-10(5-6-11(9)16)14-17-18-19-20(14)12-8-13(21-4)15(12,2)3/h5-7,12-13H,8,16H2,1-4H3. The Hall–Kier alpha value is -1.95. The average molecular weight is 287 g/mol. The van der Waals surface area contributed by atoms with Gasteiger partial charge in [-0.05, 0) is 47.5 Å². The number of hydrogen-bond donors (Lipinski definition) is 1. The van der Waals surface area contributed by atoms with Crippen molar-refractivity contribution in [1.29, 1.82) is 0 Å². The number of rotatable bonds is 3. The zero-order valence-electron chi connectivity index (χ0n) is 12.9.